The Morgan fingerprint density at radius 3 is 2.44 bits per heavy atom. The Morgan fingerprint density at radius 1 is 1.03 bits per heavy atom. The van der Waals surface area contributed by atoms with Crippen LogP contribution in [0.25, 0.3) is 10.8 Å². The number of benzene rings is 3. The molecule has 0 aromatic heterocycles. The molecule has 178 valence electrons. The molecule has 0 fully saturated rings. The third kappa shape index (κ3) is 7.06. The van der Waals surface area contributed by atoms with Crippen molar-refractivity contribution < 1.29 is 9.59 Å². The molecule has 3 aromatic rings. The summed E-state index contributed by atoms with van der Waals surface area (Å²) in [5.74, 6) is 0.232. The van der Waals surface area contributed by atoms with E-state index in [0.29, 0.717) is 30.8 Å². The highest BCUT2D eigenvalue weighted by Crippen LogP contribution is 2.22. The van der Waals surface area contributed by atoms with E-state index in [4.69, 9.17) is 17.3 Å². The molecule has 3 N–H and O–H groups in total. The first-order chi connectivity index (χ1) is 16.4. The molecule has 0 spiro atoms. The van der Waals surface area contributed by atoms with Gasteiger partial charge in [0, 0.05) is 38.3 Å². The van der Waals surface area contributed by atoms with E-state index >= 15 is 0 Å². The normalized spacial score (nSPS) is 12.4. The number of Topliss-reactive ketones (excluding diaryl/α,β-unsaturated/α-hetero) is 1. The minimum absolute atomic E-state index is 0.0368. The van der Waals surface area contributed by atoms with Crippen LogP contribution in [0.1, 0.15) is 28.8 Å². The second-order valence-corrected chi connectivity index (χ2v) is 8.71. The molecule has 0 unspecified atom stereocenters. The van der Waals surface area contributed by atoms with Gasteiger partial charge in [0.25, 0.3) is 5.91 Å². The second-order valence-electron chi connectivity index (χ2n) is 8.44. The fourth-order valence-corrected chi connectivity index (χ4v) is 3.77. The molecule has 0 saturated heterocycles. The van der Waals surface area contributed by atoms with Gasteiger partial charge in [0.05, 0.1) is 11.9 Å². The number of fused-ring (bicyclic) bond motifs is 1. The van der Waals surface area contributed by atoms with Crippen molar-refractivity contribution in [2.75, 3.05) is 31.4 Å². The standard InChI is InChI=1S/C27H31ClN4O2/c1-32(2)23-13-12-20-16-22(11-10-21(20)17-23)27(34)31-24(9-6-14-30-26(29)18-28)25(33)15-19-7-4-3-5-8-19/h3-5,7-8,10-13,16-17,24H,6,9,14-15,18H2,1-2H3,(H2,29,30)(H,31,34)/t24-/m0/s1. The molecule has 3 rings (SSSR count). The van der Waals surface area contributed by atoms with Gasteiger partial charge in [0.1, 0.15) is 5.84 Å². The van der Waals surface area contributed by atoms with Crippen molar-refractivity contribution in [2.24, 2.45) is 10.7 Å². The SMILES string of the molecule is CN(C)c1ccc2cc(C(=O)N[C@@H](CCCN=C(N)CCl)C(=O)Cc3ccccc3)ccc2c1. The quantitative estimate of drug-likeness (QED) is 0.187. The average molecular weight is 479 g/mol. The molecule has 0 aliphatic heterocycles. The van der Waals surface area contributed by atoms with Crippen molar-refractivity contribution in [1.29, 1.82) is 0 Å². The number of nitrogens with two attached hydrogens (primary N) is 1. The van der Waals surface area contributed by atoms with Crippen LogP contribution < -0.4 is 16.0 Å². The summed E-state index contributed by atoms with van der Waals surface area (Å²) in [4.78, 5) is 32.4. The molecule has 0 aliphatic carbocycles. The number of rotatable bonds is 11. The topological polar surface area (TPSA) is 87.8 Å². The number of anilines is 1. The molecular weight excluding hydrogens is 448 g/mol. The van der Waals surface area contributed by atoms with Gasteiger partial charge in [-0.15, -0.1) is 11.6 Å². The highest BCUT2D eigenvalue weighted by molar-refractivity contribution is 6.27. The van der Waals surface area contributed by atoms with Crippen LogP contribution in [0.4, 0.5) is 5.69 Å². The van der Waals surface area contributed by atoms with Crippen molar-refractivity contribution in [3.8, 4) is 0 Å². The van der Waals surface area contributed by atoms with Gasteiger partial charge in [-0.05, 0) is 53.4 Å². The van der Waals surface area contributed by atoms with E-state index in [-0.39, 0.29) is 24.0 Å². The molecule has 3 aromatic carbocycles. The molecule has 6 nitrogen and oxygen atoms in total. The fourth-order valence-electron chi connectivity index (χ4n) is 3.69. The van der Waals surface area contributed by atoms with Crippen molar-refractivity contribution in [3.63, 3.8) is 0 Å². The number of carbonyl (C=O) groups excluding carboxylic acids is 2. The Hall–Kier alpha value is -3.38. The number of ketones is 1. The summed E-state index contributed by atoms with van der Waals surface area (Å²) < 4.78 is 0. The van der Waals surface area contributed by atoms with Gasteiger partial charge in [-0.1, -0.05) is 42.5 Å². The number of hydrogen-bond acceptors (Lipinski definition) is 4. The number of alkyl halides is 1. The maximum absolute atomic E-state index is 13.1. The van der Waals surface area contributed by atoms with E-state index in [9.17, 15) is 9.59 Å². The monoisotopic (exact) mass is 478 g/mol. The lowest BCUT2D eigenvalue weighted by Crippen LogP contribution is -2.41. The van der Waals surface area contributed by atoms with Crippen LogP contribution in [-0.2, 0) is 11.2 Å². The first kappa shape index (κ1) is 25.2. The third-order valence-corrected chi connectivity index (χ3v) is 5.89. The number of nitrogens with zero attached hydrogens (tertiary/aromatic N) is 2. The predicted octanol–water partition coefficient (Wildman–Crippen LogP) is 4.19. The lowest BCUT2D eigenvalue weighted by molar-refractivity contribution is -0.120. The first-order valence-electron chi connectivity index (χ1n) is 11.3. The maximum Gasteiger partial charge on any atom is 0.251 e. The summed E-state index contributed by atoms with van der Waals surface area (Å²) in [7, 11) is 3.98. The van der Waals surface area contributed by atoms with Crippen LogP contribution in [-0.4, -0.2) is 50.1 Å². The van der Waals surface area contributed by atoms with Crippen LogP contribution in [0.15, 0.2) is 71.7 Å². The molecule has 0 aliphatic rings. The lowest BCUT2D eigenvalue weighted by atomic mass is 9.99. The van der Waals surface area contributed by atoms with E-state index < -0.39 is 6.04 Å². The number of amidine groups is 1. The zero-order chi connectivity index (χ0) is 24.5. The number of nitrogens with one attached hydrogen (secondary N) is 1. The van der Waals surface area contributed by atoms with Crippen LogP contribution in [0.3, 0.4) is 0 Å². The van der Waals surface area contributed by atoms with Gasteiger partial charge < -0.3 is 16.0 Å². The Labute approximate surface area is 205 Å². The largest absolute Gasteiger partial charge is 0.386 e. The summed E-state index contributed by atoms with van der Waals surface area (Å²) in [5, 5.41) is 4.97. The summed E-state index contributed by atoms with van der Waals surface area (Å²) in [5.41, 5.74) is 8.19. The van der Waals surface area contributed by atoms with E-state index in [1.165, 1.54) is 0 Å². The number of carbonyl (C=O) groups is 2. The molecule has 7 heteroatoms. The number of amides is 1. The number of aliphatic imine (C=N–C) groups is 1. The predicted molar refractivity (Wildman–Crippen MR) is 141 cm³/mol. The van der Waals surface area contributed by atoms with Gasteiger partial charge in [0.2, 0.25) is 0 Å². The average Bonchev–Trinajstić information content (AvgIpc) is 2.85. The minimum Gasteiger partial charge on any atom is -0.386 e. The highest BCUT2D eigenvalue weighted by atomic mass is 35.5. The lowest BCUT2D eigenvalue weighted by Gasteiger charge is -2.18. The molecule has 0 bridgehead atoms. The zero-order valence-electron chi connectivity index (χ0n) is 19.6. The van der Waals surface area contributed by atoms with E-state index in [1.54, 1.807) is 6.07 Å². The molecule has 0 heterocycles. The zero-order valence-corrected chi connectivity index (χ0v) is 20.4. The molecule has 1 atom stereocenters. The Morgan fingerprint density at radius 2 is 1.74 bits per heavy atom. The van der Waals surface area contributed by atoms with Crippen LogP contribution in [0.5, 0.6) is 0 Å². The van der Waals surface area contributed by atoms with Gasteiger partial charge in [-0.3, -0.25) is 14.6 Å². The van der Waals surface area contributed by atoms with E-state index in [0.717, 1.165) is 22.0 Å². The second kappa shape index (κ2) is 12.2. The fraction of sp³-hybridized carbons (Fsp3) is 0.296. The highest BCUT2D eigenvalue weighted by Gasteiger charge is 2.21. The van der Waals surface area contributed by atoms with Crippen molar-refractivity contribution in [1.82, 2.24) is 5.32 Å². The molecule has 1 amide bonds. The minimum atomic E-state index is -0.619. The molecule has 0 radical (unpaired) electrons. The third-order valence-electron chi connectivity index (χ3n) is 5.62. The summed E-state index contributed by atoms with van der Waals surface area (Å²) >= 11 is 5.67. The summed E-state index contributed by atoms with van der Waals surface area (Å²) in [6, 6.07) is 20.6. The Kier molecular flexibility index (Phi) is 9.05. The van der Waals surface area contributed by atoms with Gasteiger partial charge >= 0.3 is 0 Å². The van der Waals surface area contributed by atoms with Gasteiger partial charge in [-0.2, -0.15) is 0 Å². The molecular formula is C27H31ClN4O2. The summed E-state index contributed by atoms with van der Waals surface area (Å²) in [6.45, 7) is 0.452. The van der Waals surface area contributed by atoms with Gasteiger partial charge in [-0.25, -0.2) is 0 Å². The van der Waals surface area contributed by atoms with Crippen molar-refractivity contribution in [3.05, 3.63) is 77.9 Å². The summed E-state index contributed by atoms with van der Waals surface area (Å²) in [6.07, 6.45) is 1.33. The number of halogens is 1. The van der Waals surface area contributed by atoms with Crippen LogP contribution in [0.2, 0.25) is 0 Å². The van der Waals surface area contributed by atoms with Crippen molar-refractivity contribution >= 4 is 45.6 Å². The first-order valence-corrected chi connectivity index (χ1v) is 11.8. The van der Waals surface area contributed by atoms with Gasteiger partial charge in [0.15, 0.2) is 5.78 Å². The van der Waals surface area contributed by atoms with Crippen molar-refractivity contribution in [2.45, 2.75) is 25.3 Å². The van der Waals surface area contributed by atoms with Crippen LogP contribution in [0, 0.1) is 0 Å². The van der Waals surface area contributed by atoms with E-state index in [2.05, 4.69) is 16.4 Å². The molecule has 34 heavy (non-hydrogen) atoms. The number of hydrogen-bond donors (Lipinski definition) is 2. The van der Waals surface area contributed by atoms with E-state index in [1.807, 2.05) is 73.6 Å². The smallest absolute Gasteiger partial charge is 0.251 e. The molecule has 0 saturated carbocycles. The maximum atomic E-state index is 13.1. The van der Waals surface area contributed by atoms with Crippen LogP contribution >= 0.6 is 11.6 Å². The Bertz CT molecular complexity index is 1160. The Balaban J connectivity index is 1.74.